The molecule has 0 spiro atoms. The van der Waals surface area contributed by atoms with Crippen LogP contribution in [0.3, 0.4) is 0 Å². The minimum atomic E-state index is 0.328. The average molecular weight is 275 g/mol. The SMILES string of the molecule is CCCCCC(NC1CCCC1CO)c1ccccc1. The maximum atomic E-state index is 9.49. The molecule has 0 bridgehead atoms. The Balaban J connectivity index is 1.98. The molecule has 2 rings (SSSR count). The third kappa shape index (κ3) is 4.32. The van der Waals surface area contributed by atoms with Crippen molar-refractivity contribution < 1.29 is 5.11 Å². The van der Waals surface area contributed by atoms with Crippen molar-refractivity contribution in [3.63, 3.8) is 0 Å². The van der Waals surface area contributed by atoms with Crippen molar-refractivity contribution >= 4 is 0 Å². The monoisotopic (exact) mass is 275 g/mol. The van der Waals surface area contributed by atoms with Crippen LogP contribution in [-0.2, 0) is 0 Å². The molecule has 3 unspecified atom stereocenters. The molecule has 1 saturated carbocycles. The predicted octanol–water partition coefficient (Wildman–Crippen LogP) is 4.06. The first-order valence-corrected chi connectivity index (χ1v) is 8.27. The zero-order chi connectivity index (χ0) is 14.2. The molecular formula is C18H29NO. The normalized spacial score (nSPS) is 23.9. The van der Waals surface area contributed by atoms with Crippen molar-refractivity contribution in [2.45, 2.75) is 64.0 Å². The highest BCUT2D eigenvalue weighted by atomic mass is 16.3. The van der Waals surface area contributed by atoms with Crippen LogP contribution < -0.4 is 5.32 Å². The molecule has 0 aromatic heterocycles. The second kappa shape index (κ2) is 8.43. The lowest BCUT2D eigenvalue weighted by atomic mass is 9.97. The van der Waals surface area contributed by atoms with Gasteiger partial charge in [-0.2, -0.15) is 0 Å². The van der Waals surface area contributed by atoms with Crippen molar-refractivity contribution in [3.8, 4) is 0 Å². The van der Waals surface area contributed by atoms with Crippen molar-refractivity contribution in [3.05, 3.63) is 35.9 Å². The van der Waals surface area contributed by atoms with E-state index in [0.717, 1.165) is 0 Å². The zero-order valence-electron chi connectivity index (χ0n) is 12.7. The molecule has 2 N–H and O–H groups in total. The van der Waals surface area contributed by atoms with E-state index < -0.39 is 0 Å². The van der Waals surface area contributed by atoms with Gasteiger partial charge in [-0.25, -0.2) is 0 Å². The van der Waals surface area contributed by atoms with Gasteiger partial charge in [0.05, 0.1) is 0 Å². The molecule has 1 aromatic carbocycles. The summed E-state index contributed by atoms with van der Waals surface area (Å²) in [5, 5.41) is 13.3. The van der Waals surface area contributed by atoms with E-state index in [1.165, 1.54) is 50.5 Å². The first kappa shape index (κ1) is 15.5. The van der Waals surface area contributed by atoms with Crippen LogP contribution in [0.5, 0.6) is 0 Å². The molecule has 1 aromatic rings. The van der Waals surface area contributed by atoms with Gasteiger partial charge in [0.2, 0.25) is 0 Å². The summed E-state index contributed by atoms with van der Waals surface area (Å²) in [6.45, 7) is 2.58. The van der Waals surface area contributed by atoms with E-state index >= 15 is 0 Å². The molecule has 112 valence electrons. The number of aliphatic hydroxyl groups is 1. The highest BCUT2D eigenvalue weighted by Crippen LogP contribution is 2.29. The fraction of sp³-hybridized carbons (Fsp3) is 0.667. The number of hydrogen-bond donors (Lipinski definition) is 2. The second-order valence-corrected chi connectivity index (χ2v) is 6.11. The summed E-state index contributed by atoms with van der Waals surface area (Å²) in [6.07, 6.45) is 8.68. The summed E-state index contributed by atoms with van der Waals surface area (Å²) in [6, 6.07) is 11.7. The lowest BCUT2D eigenvalue weighted by molar-refractivity contribution is 0.197. The fourth-order valence-corrected chi connectivity index (χ4v) is 3.36. The van der Waals surface area contributed by atoms with E-state index in [4.69, 9.17) is 0 Å². The van der Waals surface area contributed by atoms with E-state index in [2.05, 4.69) is 42.6 Å². The van der Waals surface area contributed by atoms with Crippen LogP contribution in [-0.4, -0.2) is 17.8 Å². The van der Waals surface area contributed by atoms with Crippen LogP contribution in [0.2, 0.25) is 0 Å². The highest BCUT2D eigenvalue weighted by molar-refractivity contribution is 5.19. The third-order valence-electron chi connectivity index (χ3n) is 4.61. The molecule has 2 heteroatoms. The topological polar surface area (TPSA) is 32.3 Å². The van der Waals surface area contributed by atoms with Crippen LogP contribution in [0.25, 0.3) is 0 Å². The summed E-state index contributed by atoms with van der Waals surface area (Å²) in [5.41, 5.74) is 1.40. The van der Waals surface area contributed by atoms with Crippen LogP contribution in [0.1, 0.15) is 63.5 Å². The van der Waals surface area contributed by atoms with Gasteiger partial charge in [-0.15, -0.1) is 0 Å². The molecule has 0 saturated heterocycles. The molecule has 2 nitrogen and oxygen atoms in total. The molecule has 3 atom stereocenters. The molecule has 0 amide bonds. The Morgan fingerprint density at radius 3 is 2.70 bits per heavy atom. The Hall–Kier alpha value is -0.860. The summed E-state index contributed by atoms with van der Waals surface area (Å²) < 4.78 is 0. The Kier molecular flexibility index (Phi) is 6.55. The van der Waals surface area contributed by atoms with Gasteiger partial charge in [0.15, 0.2) is 0 Å². The van der Waals surface area contributed by atoms with Crippen molar-refractivity contribution in [1.82, 2.24) is 5.32 Å². The molecule has 0 aliphatic heterocycles. The number of unbranched alkanes of at least 4 members (excludes halogenated alkanes) is 2. The van der Waals surface area contributed by atoms with E-state index in [9.17, 15) is 5.11 Å². The maximum absolute atomic E-state index is 9.49. The standard InChI is InChI=1S/C18H29NO/c1-2-3-5-12-17(15-9-6-4-7-10-15)19-18-13-8-11-16(18)14-20/h4,6-7,9-10,16-20H,2-3,5,8,11-14H2,1H3. The number of rotatable bonds is 8. The number of benzene rings is 1. The van der Waals surface area contributed by atoms with E-state index in [1.807, 2.05) is 0 Å². The Bertz CT molecular complexity index is 365. The summed E-state index contributed by atoms with van der Waals surface area (Å²) in [7, 11) is 0. The lowest BCUT2D eigenvalue weighted by Crippen LogP contribution is -2.37. The van der Waals surface area contributed by atoms with Gasteiger partial charge in [-0.05, 0) is 30.7 Å². The highest BCUT2D eigenvalue weighted by Gasteiger charge is 2.28. The molecule has 20 heavy (non-hydrogen) atoms. The lowest BCUT2D eigenvalue weighted by Gasteiger charge is -2.27. The van der Waals surface area contributed by atoms with E-state index in [1.54, 1.807) is 0 Å². The first-order chi connectivity index (χ1) is 9.85. The van der Waals surface area contributed by atoms with Gasteiger partial charge in [-0.3, -0.25) is 0 Å². The van der Waals surface area contributed by atoms with Crippen molar-refractivity contribution in [1.29, 1.82) is 0 Å². The van der Waals surface area contributed by atoms with Gasteiger partial charge in [0, 0.05) is 18.7 Å². The minimum Gasteiger partial charge on any atom is -0.396 e. The fourth-order valence-electron chi connectivity index (χ4n) is 3.36. The first-order valence-electron chi connectivity index (χ1n) is 8.27. The van der Waals surface area contributed by atoms with E-state index in [-0.39, 0.29) is 0 Å². The molecule has 0 radical (unpaired) electrons. The Labute approximate surface area is 123 Å². The van der Waals surface area contributed by atoms with Crippen LogP contribution >= 0.6 is 0 Å². The summed E-state index contributed by atoms with van der Waals surface area (Å²) >= 11 is 0. The molecule has 1 fully saturated rings. The van der Waals surface area contributed by atoms with Crippen LogP contribution in [0.15, 0.2) is 30.3 Å². The smallest absolute Gasteiger partial charge is 0.0474 e. The van der Waals surface area contributed by atoms with Gasteiger partial charge in [-0.1, -0.05) is 62.9 Å². The van der Waals surface area contributed by atoms with Gasteiger partial charge < -0.3 is 10.4 Å². The quantitative estimate of drug-likeness (QED) is 0.701. The predicted molar refractivity (Wildman–Crippen MR) is 84.7 cm³/mol. The van der Waals surface area contributed by atoms with Gasteiger partial charge >= 0.3 is 0 Å². The summed E-state index contributed by atoms with van der Waals surface area (Å²) in [4.78, 5) is 0. The van der Waals surface area contributed by atoms with Crippen LogP contribution in [0, 0.1) is 5.92 Å². The second-order valence-electron chi connectivity index (χ2n) is 6.11. The zero-order valence-corrected chi connectivity index (χ0v) is 12.7. The number of nitrogens with one attached hydrogen (secondary N) is 1. The minimum absolute atomic E-state index is 0.328. The average Bonchev–Trinajstić information content (AvgIpc) is 2.94. The molecular weight excluding hydrogens is 246 g/mol. The number of aliphatic hydroxyl groups excluding tert-OH is 1. The van der Waals surface area contributed by atoms with Crippen LogP contribution in [0.4, 0.5) is 0 Å². The molecule has 1 aliphatic rings. The Morgan fingerprint density at radius 1 is 1.20 bits per heavy atom. The Morgan fingerprint density at radius 2 is 2.00 bits per heavy atom. The molecule has 0 heterocycles. The van der Waals surface area contributed by atoms with Crippen molar-refractivity contribution in [2.75, 3.05) is 6.61 Å². The third-order valence-corrected chi connectivity index (χ3v) is 4.61. The van der Waals surface area contributed by atoms with Crippen molar-refractivity contribution in [2.24, 2.45) is 5.92 Å². The van der Waals surface area contributed by atoms with Gasteiger partial charge in [0.1, 0.15) is 0 Å². The molecule has 1 aliphatic carbocycles. The maximum Gasteiger partial charge on any atom is 0.0474 e. The number of hydrogen-bond acceptors (Lipinski definition) is 2. The van der Waals surface area contributed by atoms with Gasteiger partial charge in [0.25, 0.3) is 0 Å². The largest absolute Gasteiger partial charge is 0.396 e. The van der Waals surface area contributed by atoms with E-state index in [0.29, 0.717) is 24.6 Å². The summed E-state index contributed by atoms with van der Waals surface area (Å²) in [5.74, 6) is 0.451.